The predicted molar refractivity (Wildman–Crippen MR) is 74.3 cm³/mol. The summed E-state index contributed by atoms with van der Waals surface area (Å²) in [6.45, 7) is 4.12. The summed E-state index contributed by atoms with van der Waals surface area (Å²) in [6, 6.07) is 8.97. The first kappa shape index (κ1) is 13.3. The van der Waals surface area contributed by atoms with E-state index in [0.29, 0.717) is 11.4 Å². The van der Waals surface area contributed by atoms with Crippen molar-refractivity contribution in [3.63, 3.8) is 0 Å². The maximum Gasteiger partial charge on any atom is 0.241 e. The van der Waals surface area contributed by atoms with E-state index < -0.39 is 10.0 Å². The molecular formula is C13H15NO2S2. The lowest BCUT2D eigenvalue weighted by Crippen LogP contribution is -2.23. The van der Waals surface area contributed by atoms with Crippen molar-refractivity contribution in [2.45, 2.75) is 25.3 Å². The Kier molecular flexibility index (Phi) is 3.85. The number of sulfonamides is 1. The Morgan fingerprint density at radius 3 is 2.44 bits per heavy atom. The molecule has 2 aromatic rings. The van der Waals surface area contributed by atoms with Crippen molar-refractivity contribution in [1.29, 1.82) is 0 Å². The molecule has 0 spiro atoms. The quantitative estimate of drug-likeness (QED) is 0.936. The third-order valence-electron chi connectivity index (χ3n) is 2.77. The first-order valence-electron chi connectivity index (χ1n) is 5.59. The Balaban J connectivity index is 2.19. The highest BCUT2D eigenvalue weighted by molar-refractivity contribution is 7.89. The number of hydrogen-bond acceptors (Lipinski definition) is 3. The van der Waals surface area contributed by atoms with E-state index in [4.69, 9.17) is 0 Å². The van der Waals surface area contributed by atoms with Crippen LogP contribution in [0.3, 0.4) is 0 Å². The monoisotopic (exact) mass is 281 g/mol. The number of hydrogen-bond donors (Lipinski definition) is 1. The lowest BCUT2D eigenvalue weighted by Gasteiger charge is -2.08. The molecule has 0 aliphatic heterocycles. The number of benzene rings is 1. The van der Waals surface area contributed by atoms with E-state index in [-0.39, 0.29) is 0 Å². The molecule has 0 fully saturated rings. The van der Waals surface area contributed by atoms with Crippen LogP contribution in [0, 0.1) is 13.8 Å². The molecule has 1 aromatic heterocycles. The van der Waals surface area contributed by atoms with Gasteiger partial charge in [0.2, 0.25) is 10.0 Å². The summed E-state index contributed by atoms with van der Waals surface area (Å²) in [4.78, 5) is 1.39. The van der Waals surface area contributed by atoms with Gasteiger partial charge in [0, 0.05) is 11.4 Å². The molecule has 1 aromatic carbocycles. The zero-order chi connectivity index (χ0) is 13.2. The fourth-order valence-corrected chi connectivity index (χ4v) is 3.86. The van der Waals surface area contributed by atoms with Crippen LogP contribution in [0.25, 0.3) is 0 Å². The average molecular weight is 281 g/mol. The Hall–Kier alpha value is -1.17. The second-order valence-electron chi connectivity index (χ2n) is 4.12. The lowest BCUT2D eigenvalue weighted by molar-refractivity contribution is 0.581. The van der Waals surface area contributed by atoms with Crippen molar-refractivity contribution in [2.75, 3.05) is 0 Å². The van der Waals surface area contributed by atoms with Crippen LogP contribution < -0.4 is 4.72 Å². The van der Waals surface area contributed by atoms with E-state index >= 15 is 0 Å². The second kappa shape index (κ2) is 5.22. The molecule has 18 heavy (non-hydrogen) atoms. The first-order valence-corrected chi connectivity index (χ1v) is 7.95. The standard InChI is InChI=1S/C13H15NO2S2/c1-10-7-8-17-12(10)9-14-18(15,16)13-6-4-3-5-11(13)2/h3-8,14H,9H2,1-2H3. The Labute approximate surface area is 112 Å². The Morgan fingerprint density at radius 2 is 1.83 bits per heavy atom. The zero-order valence-corrected chi connectivity index (χ0v) is 11.9. The SMILES string of the molecule is Cc1ccccc1S(=O)(=O)NCc1sccc1C. The molecule has 0 aliphatic rings. The minimum Gasteiger partial charge on any atom is -0.207 e. The number of thiophene rings is 1. The molecule has 2 rings (SSSR count). The van der Waals surface area contributed by atoms with Crippen molar-refractivity contribution >= 4 is 21.4 Å². The van der Waals surface area contributed by atoms with E-state index in [2.05, 4.69) is 4.72 Å². The fourth-order valence-electron chi connectivity index (χ4n) is 1.68. The van der Waals surface area contributed by atoms with Gasteiger partial charge in [-0.2, -0.15) is 0 Å². The largest absolute Gasteiger partial charge is 0.241 e. The van der Waals surface area contributed by atoms with Crippen LogP contribution in [0.5, 0.6) is 0 Å². The van der Waals surface area contributed by atoms with Gasteiger partial charge in [-0.15, -0.1) is 11.3 Å². The fraction of sp³-hybridized carbons (Fsp3) is 0.231. The van der Waals surface area contributed by atoms with Crippen LogP contribution >= 0.6 is 11.3 Å². The molecule has 0 atom stereocenters. The minimum absolute atomic E-state index is 0.346. The third-order valence-corrected chi connectivity index (χ3v) is 5.36. The van der Waals surface area contributed by atoms with Gasteiger partial charge in [0.25, 0.3) is 0 Å². The summed E-state index contributed by atoms with van der Waals surface area (Å²) in [7, 11) is -3.43. The molecule has 0 unspecified atom stereocenters. The molecular weight excluding hydrogens is 266 g/mol. The van der Waals surface area contributed by atoms with Gasteiger partial charge < -0.3 is 0 Å². The second-order valence-corrected chi connectivity index (χ2v) is 6.85. The van der Waals surface area contributed by atoms with Crippen LogP contribution in [0.4, 0.5) is 0 Å². The number of rotatable bonds is 4. The molecule has 0 aliphatic carbocycles. The molecule has 1 heterocycles. The van der Waals surface area contributed by atoms with Gasteiger partial charge >= 0.3 is 0 Å². The topological polar surface area (TPSA) is 46.2 Å². The summed E-state index contributed by atoms with van der Waals surface area (Å²) >= 11 is 1.56. The van der Waals surface area contributed by atoms with E-state index in [1.165, 1.54) is 0 Å². The average Bonchev–Trinajstić information content (AvgIpc) is 2.73. The van der Waals surface area contributed by atoms with Crippen LogP contribution in [0.1, 0.15) is 16.0 Å². The van der Waals surface area contributed by atoms with Gasteiger partial charge in [0.1, 0.15) is 0 Å². The minimum atomic E-state index is -3.43. The van der Waals surface area contributed by atoms with Gasteiger partial charge in [-0.3, -0.25) is 0 Å². The lowest BCUT2D eigenvalue weighted by atomic mass is 10.2. The van der Waals surface area contributed by atoms with Crippen molar-refractivity contribution < 1.29 is 8.42 Å². The highest BCUT2D eigenvalue weighted by atomic mass is 32.2. The maximum atomic E-state index is 12.2. The van der Waals surface area contributed by atoms with E-state index in [1.807, 2.05) is 24.4 Å². The van der Waals surface area contributed by atoms with E-state index in [0.717, 1.165) is 16.0 Å². The zero-order valence-electron chi connectivity index (χ0n) is 10.3. The number of nitrogens with one attached hydrogen (secondary N) is 1. The van der Waals surface area contributed by atoms with Crippen LogP contribution in [-0.4, -0.2) is 8.42 Å². The molecule has 3 nitrogen and oxygen atoms in total. The van der Waals surface area contributed by atoms with Crippen molar-refractivity contribution in [2.24, 2.45) is 0 Å². The Morgan fingerprint density at radius 1 is 1.11 bits per heavy atom. The number of aryl methyl sites for hydroxylation is 2. The maximum absolute atomic E-state index is 12.2. The van der Waals surface area contributed by atoms with Crippen molar-refractivity contribution in [1.82, 2.24) is 4.72 Å². The van der Waals surface area contributed by atoms with Crippen LogP contribution in [0.2, 0.25) is 0 Å². The molecule has 0 amide bonds. The summed E-state index contributed by atoms with van der Waals surface area (Å²) in [5.41, 5.74) is 1.88. The van der Waals surface area contributed by atoms with Gasteiger partial charge in [-0.1, -0.05) is 18.2 Å². The highest BCUT2D eigenvalue weighted by Gasteiger charge is 2.16. The summed E-state index contributed by atoms with van der Waals surface area (Å²) in [5.74, 6) is 0. The van der Waals surface area contributed by atoms with E-state index in [1.54, 1.807) is 36.5 Å². The highest BCUT2D eigenvalue weighted by Crippen LogP contribution is 2.18. The molecule has 0 saturated carbocycles. The summed E-state index contributed by atoms with van der Waals surface area (Å²) in [5, 5.41) is 1.97. The van der Waals surface area contributed by atoms with Gasteiger partial charge in [-0.25, -0.2) is 13.1 Å². The molecule has 96 valence electrons. The third kappa shape index (κ3) is 2.80. The smallest absolute Gasteiger partial charge is 0.207 e. The molecule has 0 saturated heterocycles. The Bertz CT molecular complexity index is 645. The summed E-state index contributed by atoms with van der Waals surface area (Å²) in [6.07, 6.45) is 0. The molecule has 0 radical (unpaired) electrons. The molecule has 1 N–H and O–H groups in total. The predicted octanol–water partition coefficient (Wildman–Crippen LogP) is 2.84. The first-order chi connectivity index (χ1) is 8.50. The van der Waals surface area contributed by atoms with E-state index in [9.17, 15) is 8.42 Å². The van der Waals surface area contributed by atoms with Crippen LogP contribution in [0.15, 0.2) is 40.6 Å². The van der Waals surface area contributed by atoms with Crippen molar-refractivity contribution in [3.05, 3.63) is 51.7 Å². The van der Waals surface area contributed by atoms with Crippen molar-refractivity contribution in [3.8, 4) is 0 Å². The molecule has 5 heteroatoms. The van der Waals surface area contributed by atoms with Gasteiger partial charge in [0.05, 0.1) is 4.90 Å². The molecule has 0 bridgehead atoms. The summed E-state index contributed by atoms with van der Waals surface area (Å²) < 4.78 is 26.9. The van der Waals surface area contributed by atoms with Gasteiger partial charge in [-0.05, 0) is 42.5 Å². The van der Waals surface area contributed by atoms with Gasteiger partial charge in [0.15, 0.2) is 0 Å². The van der Waals surface area contributed by atoms with Crippen LogP contribution in [-0.2, 0) is 16.6 Å². The normalized spacial score (nSPS) is 11.7.